The Balaban J connectivity index is 0.000000156. The van der Waals surface area contributed by atoms with Gasteiger partial charge in [0.1, 0.15) is 97.0 Å². The Bertz CT molecular complexity index is 6140. The molecule has 14 rings (SSSR count). The van der Waals surface area contributed by atoms with Crippen LogP contribution in [0.1, 0.15) is 49.9 Å². The van der Waals surface area contributed by atoms with Gasteiger partial charge in [0, 0.05) is 105 Å². The number of pyridine rings is 4. The van der Waals surface area contributed by atoms with E-state index in [4.69, 9.17) is 40.2 Å². The SMILES string of the molecule is COc1cc(-c2ccn(C)n2)cn2ncc(C#N)c12.COc1cc(Br)cn2ncc(C#N)c12.Cn1ccc(-c2cc(O)c3c(C#N)cnn3c2)n1.Cn1ccc(-c2cc(OS(=O)(=O)C(F)(F)F)c3c(C#N)cnn3c2)n1.Cn1ccc(N2OC(C)(C)C(C)(C)O2)n1.O=S(=O)(N(c1ccccc1)S(=O)(=O)C(F)(F)F)C(F)(F)F. The van der Waals surface area contributed by atoms with Crippen LogP contribution in [0.25, 0.3) is 55.8 Å². The largest absolute Gasteiger partial charge is 0.534 e. The lowest BCUT2D eigenvalue weighted by Gasteiger charge is -2.26. The Morgan fingerprint density at radius 2 is 0.830 bits per heavy atom. The Morgan fingerprint density at radius 3 is 1.19 bits per heavy atom. The van der Waals surface area contributed by atoms with Gasteiger partial charge in [0.15, 0.2) is 5.75 Å². The Hall–Kier alpha value is -12.8. The van der Waals surface area contributed by atoms with Crippen LogP contribution in [-0.4, -0.2) is 150 Å². The fourth-order valence-electron chi connectivity index (χ4n) is 9.71. The van der Waals surface area contributed by atoms with E-state index in [9.17, 15) is 69.9 Å². The number of anilines is 2. The van der Waals surface area contributed by atoms with Gasteiger partial charge < -0.3 is 18.8 Å². The van der Waals surface area contributed by atoms with Crippen LogP contribution in [0, 0.1) is 45.3 Å². The second-order valence-corrected chi connectivity index (χ2v) is 30.2. The van der Waals surface area contributed by atoms with E-state index in [2.05, 4.69) is 73.0 Å². The Labute approximate surface area is 636 Å². The molecule has 1 aliphatic rings. The van der Waals surface area contributed by atoms with Gasteiger partial charge in [0.2, 0.25) is 5.82 Å². The summed E-state index contributed by atoms with van der Waals surface area (Å²) >= 11 is 3.33. The predicted molar refractivity (Wildman–Crippen MR) is 379 cm³/mol. The maximum Gasteiger partial charge on any atom is 0.534 e. The van der Waals surface area contributed by atoms with Crippen LogP contribution in [0.3, 0.4) is 0 Å². The summed E-state index contributed by atoms with van der Waals surface area (Å²) in [5.41, 5.74) is -13.5. The van der Waals surface area contributed by atoms with Gasteiger partial charge in [0.25, 0.3) is 0 Å². The minimum Gasteiger partial charge on any atom is -0.506 e. The average molecular weight is 1680 g/mol. The van der Waals surface area contributed by atoms with E-state index in [0.717, 1.165) is 62.0 Å². The number of rotatable bonds is 11. The molecule has 586 valence electrons. The van der Waals surface area contributed by atoms with Crippen molar-refractivity contribution in [2.45, 2.75) is 55.4 Å². The number of halogens is 10. The summed E-state index contributed by atoms with van der Waals surface area (Å²) in [4.78, 5) is 11.4. The van der Waals surface area contributed by atoms with E-state index in [1.165, 1.54) is 39.2 Å². The summed E-state index contributed by atoms with van der Waals surface area (Å²) in [5, 5.41) is 80.2. The second kappa shape index (κ2) is 32.0. The third kappa shape index (κ3) is 17.6. The van der Waals surface area contributed by atoms with Gasteiger partial charge in [-0.25, -0.2) is 27.7 Å². The molecule has 1 fully saturated rings. The summed E-state index contributed by atoms with van der Waals surface area (Å²) in [6, 6.07) is 25.2. The molecular formula is C65H56BrF9N22O12S3. The highest BCUT2D eigenvalue weighted by atomic mass is 79.9. The number of sulfonamides is 2. The minimum absolute atomic E-state index is 0.0206. The van der Waals surface area contributed by atoms with Crippen LogP contribution in [-0.2, 0) is 68.0 Å². The number of para-hydroxylation sites is 1. The predicted octanol–water partition coefficient (Wildman–Crippen LogP) is 10.6. The zero-order valence-corrected chi connectivity index (χ0v) is 63.3. The Morgan fingerprint density at radius 1 is 0.482 bits per heavy atom. The average Bonchev–Trinajstić information content (AvgIpc) is 1.08. The van der Waals surface area contributed by atoms with Crippen LogP contribution in [0.15, 0.2) is 158 Å². The van der Waals surface area contributed by atoms with Gasteiger partial charge in [0.05, 0.1) is 61.8 Å². The molecule has 1 saturated heterocycles. The van der Waals surface area contributed by atoms with Crippen molar-refractivity contribution in [2.24, 2.45) is 28.2 Å². The highest BCUT2D eigenvalue weighted by molar-refractivity contribution is 9.10. The molecule has 0 atom stereocenters. The van der Waals surface area contributed by atoms with E-state index in [-0.39, 0.29) is 33.6 Å². The zero-order chi connectivity index (χ0) is 82.6. The number of hydrogen-bond acceptors (Lipinski definition) is 25. The lowest BCUT2D eigenvalue weighted by molar-refractivity contribution is -0.0501. The lowest BCUT2D eigenvalue weighted by atomic mass is 9.90. The molecule has 0 saturated carbocycles. The summed E-state index contributed by atoms with van der Waals surface area (Å²) < 4.78 is 206. The third-order valence-corrected chi connectivity index (χ3v) is 20.7. The fourth-order valence-corrected chi connectivity index (χ4v) is 13.3. The molecule has 112 heavy (non-hydrogen) atoms. The van der Waals surface area contributed by atoms with E-state index in [1.807, 2.05) is 104 Å². The van der Waals surface area contributed by atoms with Crippen LogP contribution in [0.5, 0.6) is 23.0 Å². The van der Waals surface area contributed by atoms with Crippen molar-refractivity contribution in [2.75, 3.05) is 23.2 Å². The Kier molecular flexibility index (Phi) is 23.8. The number of ether oxygens (including phenoxy) is 2. The van der Waals surface area contributed by atoms with Gasteiger partial charge in [-0.05, 0) is 98.2 Å². The molecular weight excluding hydrogens is 1630 g/mol. The van der Waals surface area contributed by atoms with Crippen molar-refractivity contribution < 1.29 is 93.2 Å². The molecule has 0 amide bonds. The molecule has 1 N–H and O–H groups in total. The van der Waals surface area contributed by atoms with Crippen molar-refractivity contribution in [3.05, 3.63) is 180 Å². The number of aryl methyl sites for hydroxylation is 4. The van der Waals surface area contributed by atoms with Crippen molar-refractivity contribution in [3.63, 3.8) is 0 Å². The van der Waals surface area contributed by atoms with E-state index < -0.39 is 61.8 Å². The maximum absolute atomic E-state index is 12.6. The van der Waals surface area contributed by atoms with Gasteiger partial charge >= 0.3 is 46.7 Å². The first-order valence-corrected chi connectivity index (χ1v) is 36.2. The first-order chi connectivity index (χ1) is 52.3. The number of methoxy groups -OCH3 is 2. The molecule has 47 heteroatoms. The highest BCUT2D eigenvalue weighted by Gasteiger charge is 2.62. The number of benzene rings is 1. The van der Waals surface area contributed by atoms with Crippen LogP contribution in [0.4, 0.5) is 51.0 Å². The van der Waals surface area contributed by atoms with Crippen LogP contribution in [0.2, 0.25) is 0 Å². The van der Waals surface area contributed by atoms with Gasteiger partial charge in [-0.3, -0.25) is 18.7 Å². The van der Waals surface area contributed by atoms with Crippen molar-refractivity contribution in [3.8, 4) is 81.0 Å². The molecule has 13 aromatic rings. The van der Waals surface area contributed by atoms with E-state index in [0.29, 0.717) is 68.4 Å². The normalized spacial score (nSPS) is 13.3. The number of fused-ring (bicyclic) bond motifs is 4. The molecule has 34 nitrogen and oxygen atoms in total. The molecule has 0 bridgehead atoms. The van der Waals surface area contributed by atoms with Crippen LogP contribution >= 0.6 is 15.9 Å². The summed E-state index contributed by atoms with van der Waals surface area (Å²) in [6.07, 6.45) is 19.4. The smallest absolute Gasteiger partial charge is 0.506 e. The number of nitrogens with zero attached hydrogens (tertiary/aromatic N) is 22. The maximum atomic E-state index is 12.6. The number of nitriles is 4. The number of hydrogen-bond donors (Lipinski definition) is 1. The van der Waals surface area contributed by atoms with E-state index in [1.54, 1.807) is 87.2 Å². The molecule has 0 unspecified atom stereocenters. The number of aromatic nitrogens is 16. The van der Waals surface area contributed by atoms with Crippen molar-refractivity contribution >= 4 is 79.7 Å². The number of alkyl halides is 9. The standard InChI is InChI=1S/C13H8F3N5O3S.C13H11N5O.C12H9N5O.C10H17N3O2.C9H6BrN3O.C8H5F6NO4S2/c1-20-3-2-10(19-20)8-4-11(24-25(22,23)13(14,15)16)12-9(5-17)6-18-21(12)7-8;1-17-4-3-11(16-17)9-5-12(19-2)13-10(6-14)7-15-18(13)8-9;1-16-3-2-10(15-16)8-4-11(18)12-9(5-13)6-14-17(12)7-8;1-9(2)10(3,4)15-13(14-9)8-6-7-12(5)11-8;1-14-8-2-7(10)5-13-9(8)6(3-11)4-12-13;9-7(10,11)20(16,17)15(6-4-2-1-3-5-6)21(18,19)8(12,13)14/h2-4,6-7H,1H3;3-5,7-8H,1-2H3;2-4,6-7,18H,1H3;6-7H,1-5H3;2,4-5H,1H3;1-5H. The highest BCUT2D eigenvalue weighted by Crippen LogP contribution is 2.42. The van der Waals surface area contributed by atoms with Gasteiger partial charge in [-0.1, -0.05) is 18.2 Å². The molecule has 0 radical (unpaired) electrons. The van der Waals surface area contributed by atoms with E-state index >= 15 is 0 Å². The summed E-state index contributed by atoms with van der Waals surface area (Å²) in [5.74, 6) is 1.25. The third-order valence-electron chi connectivity index (χ3n) is 15.7. The topological polar surface area (TPSA) is 411 Å². The monoisotopic (exact) mass is 1680 g/mol. The fraction of sp³-hybridized carbons (Fsp3) is 0.231. The lowest BCUT2D eigenvalue weighted by Crippen LogP contribution is -2.49. The van der Waals surface area contributed by atoms with Gasteiger partial charge in [-0.15, -0.1) is 8.94 Å². The molecule has 0 aliphatic carbocycles. The van der Waals surface area contributed by atoms with Gasteiger partial charge in [-0.2, -0.15) is 127 Å². The summed E-state index contributed by atoms with van der Waals surface area (Å²) in [6.45, 7) is 7.98. The first kappa shape index (κ1) is 83.2. The summed E-state index contributed by atoms with van der Waals surface area (Å²) in [7, 11) is -9.21. The molecule has 12 aromatic heterocycles. The minimum atomic E-state index is -6.81. The quantitative estimate of drug-likeness (QED) is 0.0714. The first-order valence-electron chi connectivity index (χ1n) is 31.1. The van der Waals surface area contributed by atoms with Crippen LogP contribution < -0.4 is 22.6 Å². The van der Waals surface area contributed by atoms with Crippen molar-refractivity contribution in [1.82, 2.24) is 77.6 Å². The molecule has 13 heterocycles. The molecule has 1 aliphatic heterocycles. The molecule has 1 aromatic carbocycles. The second-order valence-electron chi connectivity index (χ2n) is 23.9. The number of aromatic hydroxyl groups is 1. The molecule has 0 spiro atoms. The zero-order valence-electron chi connectivity index (χ0n) is 59.2. The van der Waals surface area contributed by atoms with Crippen molar-refractivity contribution in [1.29, 1.82) is 21.0 Å².